The number of halogens is 1. The van der Waals surface area contributed by atoms with Gasteiger partial charge < -0.3 is 5.32 Å². The summed E-state index contributed by atoms with van der Waals surface area (Å²) in [5.74, 6) is 0.00518. The highest BCUT2D eigenvalue weighted by molar-refractivity contribution is 8.13. The minimum Gasteiger partial charge on any atom is -0.348 e. The minimum absolute atomic E-state index is 0.0622. The van der Waals surface area contributed by atoms with Gasteiger partial charge in [0.1, 0.15) is 4.90 Å². The third kappa shape index (κ3) is 4.49. The molecule has 6 nitrogen and oxygen atoms in total. The third-order valence-electron chi connectivity index (χ3n) is 2.90. The molecular formula is C12H20ClN3O3S. The van der Waals surface area contributed by atoms with Crippen LogP contribution in [0.2, 0.25) is 0 Å². The lowest BCUT2D eigenvalue weighted by molar-refractivity contribution is 0.0929. The molecule has 0 spiro atoms. The molecule has 1 atom stereocenters. The van der Waals surface area contributed by atoms with Crippen molar-refractivity contribution in [3.63, 3.8) is 0 Å². The van der Waals surface area contributed by atoms with Crippen molar-refractivity contribution in [1.29, 1.82) is 0 Å². The summed E-state index contributed by atoms with van der Waals surface area (Å²) in [4.78, 5) is 11.8. The van der Waals surface area contributed by atoms with Crippen LogP contribution in [-0.4, -0.2) is 30.6 Å². The quantitative estimate of drug-likeness (QED) is 0.786. The average Bonchev–Trinajstić information content (AvgIpc) is 2.68. The van der Waals surface area contributed by atoms with E-state index in [-0.39, 0.29) is 22.3 Å². The number of nitrogens with zero attached hydrogens (tertiary/aromatic N) is 1. The van der Waals surface area contributed by atoms with E-state index in [2.05, 4.69) is 29.4 Å². The molecule has 8 heteroatoms. The van der Waals surface area contributed by atoms with Gasteiger partial charge in [-0.05, 0) is 32.6 Å². The highest BCUT2D eigenvalue weighted by Gasteiger charge is 2.27. The van der Waals surface area contributed by atoms with Crippen LogP contribution in [0, 0.1) is 12.8 Å². The molecule has 20 heavy (non-hydrogen) atoms. The maximum atomic E-state index is 12.1. The van der Waals surface area contributed by atoms with Crippen molar-refractivity contribution in [2.24, 2.45) is 5.92 Å². The number of carbonyl (C=O) groups is 1. The first-order valence-corrected chi connectivity index (χ1v) is 8.74. The second kappa shape index (κ2) is 6.58. The molecule has 0 fully saturated rings. The lowest BCUT2D eigenvalue weighted by Crippen LogP contribution is -2.33. The molecule has 1 aromatic rings. The van der Waals surface area contributed by atoms with Crippen LogP contribution in [-0.2, 0) is 9.05 Å². The molecule has 0 aliphatic heterocycles. The van der Waals surface area contributed by atoms with Crippen LogP contribution in [0.3, 0.4) is 0 Å². The number of rotatable bonds is 6. The van der Waals surface area contributed by atoms with Gasteiger partial charge in [0.25, 0.3) is 15.0 Å². The molecule has 0 saturated carbocycles. The predicted octanol–water partition coefficient (Wildman–Crippen LogP) is 2.20. The van der Waals surface area contributed by atoms with Crippen LogP contribution >= 0.6 is 10.7 Å². The number of H-pyrrole nitrogens is 1. The van der Waals surface area contributed by atoms with Crippen LogP contribution < -0.4 is 5.32 Å². The van der Waals surface area contributed by atoms with Gasteiger partial charge in [0.05, 0.1) is 5.69 Å². The standard InChI is InChI=1S/C12H20ClN3O3S/c1-7(2)5-6-8(3)14-12(17)10-11(20(13,18)19)9(4)15-16-10/h7-8H,5-6H2,1-4H3,(H,14,17)(H,15,16). The van der Waals surface area contributed by atoms with Crippen LogP contribution in [0.25, 0.3) is 0 Å². The molecule has 1 heterocycles. The van der Waals surface area contributed by atoms with Crippen molar-refractivity contribution in [2.75, 3.05) is 0 Å². The topological polar surface area (TPSA) is 91.9 Å². The molecule has 0 saturated heterocycles. The minimum atomic E-state index is -4.01. The van der Waals surface area contributed by atoms with Gasteiger partial charge in [-0.2, -0.15) is 5.10 Å². The van der Waals surface area contributed by atoms with Crippen LogP contribution in [0.15, 0.2) is 4.90 Å². The summed E-state index contributed by atoms with van der Waals surface area (Å²) in [6.07, 6.45) is 1.79. The normalized spacial score (nSPS) is 13.5. The molecule has 0 aliphatic carbocycles. The van der Waals surface area contributed by atoms with Gasteiger partial charge in [-0.15, -0.1) is 0 Å². The second-order valence-corrected chi connectivity index (χ2v) is 7.81. The number of carbonyl (C=O) groups excluding carboxylic acids is 1. The molecule has 0 aliphatic rings. The largest absolute Gasteiger partial charge is 0.348 e. The second-order valence-electron chi connectivity index (χ2n) is 5.31. The Bertz CT molecular complexity index is 581. The SMILES string of the molecule is Cc1[nH]nc(C(=O)NC(C)CCC(C)C)c1S(=O)(=O)Cl. The van der Waals surface area contributed by atoms with E-state index >= 15 is 0 Å². The lowest BCUT2D eigenvalue weighted by Gasteiger charge is -2.14. The van der Waals surface area contributed by atoms with Crippen LogP contribution in [0.1, 0.15) is 49.8 Å². The zero-order valence-corrected chi connectivity index (χ0v) is 13.6. The van der Waals surface area contributed by atoms with Gasteiger partial charge in [-0.3, -0.25) is 9.89 Å². The van der Waals surface area contributed by atoms with E-state index in [1.54, 1.807) is 0 Å². The van der Waals surface area contributed by atoms with Gasteiger partial charge >= 0.3 is 0 Å². The molecule has 2 N–H and O–H groups in total. The summed E-state index contributed by atoms with van der Waals surface area (Å²) < 4.78 is 22.9. The van der Waals surface area contributed by atoms with Gasteiger partial charge in [-0.25, -0.2) is 8.42 Å². The Morgan fingerprint density at radius 3 is 2.45 bits per heavy atom. The first-order chi connectivity index (χ1) is 9.12. The van der Waals surface area contributed by atoms with Gasteiger partial charge in [-0.1, -0.05) is 13.8 Å². The molecule has 1 aromatic heterocycles. The fraction of sp³-hybridized carbons (Fsp3) is 0.667. The lowest BCUT2D eigenvalue weighted by atomic mass is 10.0. The number of nitrogens with one attached hydrogen (secondary N) is 2. The summed E-state index contributed by atoms with van der Waals surface area (Å²) in [7, 11) is 1.32. The zero-order chi connectivity index (χ0) is 15.5. The Balaban J connectivity index is 2.84. The Kier molecular flexibility index (Phi) is 5.59. The Morgan fingerprint density at radius 1 is 1.35 bits per heavy atom. The van der Waals surface area contributed by atoms with Gasteiger partial charge in [0, 0.05) is 16.7 Å². The van der Waals surface area contributed by atoms with Crippen molar-refractivity contribution in [2.45, 2.75) is 51.5 Å². The molecule has 0 radical (unpaired) electrons. The predicted molar refractivity (Wildman–Crippen MR) is 77.4 cm³/mol. The molecule has 114 valence electrons. The van der Waals surface area contributed by atoms with Crippen LogP contribution in [0.4, 0.5) is 0 Å². The molecule has 1 unspecified atom stereocenters. The van der Waals surface area contributed by atoms with E-state index in [0.717, 1.165) is 12.8 Å². The maximum absolute atomic E-state index is 12.1. The smallest absolute Gasteiger partial charge is 0.273 e. The fourth-order valence-corrected chi connectivity index (χ4v) is 3.17. The van der Waals surface area contributed by atoms with Crippen molar-refractivity contribution in [1.82, 2.24) is 15.5 Å². The maximum Gasteiger partial charge on any atom is 0.273 e. The number of aromatic nitrogens is 2. The van der Waals surface area contributed by atoms with Crippen LogP contribution in [0.5, 0.6) is 0 Å². The Morgan fingerprint density at radius 2 is 1.95 bits per heavy atom. The number of hydrogen-bond acceptors (Lipinski definition) is 4. The highest BCUT2D eigenvalue weighted by Crippen LogP contribution is 2.21. The molecule has 1 amide bonds. The number of aromatic amines is 1. The summed E-state index contributed by atoms with van der Waals surface area (Å²) in [6.45, 7) is 7.57. The summed E-state index contributed by atoms with van der Waals surface area (Å²) in [5.41, 5.74) is 0.0638. The van der Waals surface area contributed by atoms with E-state index in [0.29, 0.717) is 5.92 Å². The van der Waals surface area contributed by atoms with Gasteiger partial charge in [0.2, 0.25) is 0 Å². The summed E-state index contributed by atoms with van der Waals surface area (Å²) >= 11 is 0. The van der Waals surface area contributed by atoms with E-state index in [4.69, 9.17) is 10.7 Å². The first-order valence-electron chi connectivity index (χ1n) is 6.43. The molecule has 1 rings (SSSR count). The molecule has 0 aromatic carbocycles. The summed E-state index contributed by atoms with van der Waals surface area (Å²) in [5, 5.41) is 8.94. The Hall–Kier alpha value is -1.08. The van der Waals surface area contributed by atoms with E-state index in [1.807, 2.05) is 6.92 Å². The molecule has 0 bridgehead atoms. The van der Waals surface area contributed by atoms with Crippen molar-refractivity contribution >= 4 is 25.6 Å². The number of aryl methyl sites for hydroxylation is 1. The van der Waals surface area contributed by atoms with E-state index in [1.165, 1.54) is 6.92 Å². The van der Waals surface area contributed by atoms with E-state index < -0.39 is 15.0 Å². The zero-order valence-electron chi connectivity index (χ0n) is 12.0. The third-order valence-corrected chi connectivity index (χ3v) is 4.35. The van der Waals surface area contributed by atoms with Crippen molar-refractivity contribution < 1.29 is 13.2 Å². The van der Waals surface area contributed by atoms with Crippen molar-refractivity contribution in [3.05, 3.63) is 11.4 Å². The average molecular weight is 322 g/mol. The molecular weight excluding hydrogens is 302 g/mol. The fourth-order valence-electron chi connectivity index (χ4n) is 1.82. The number of amides is 1. The number of hydrogen-bond donors (Lipinski definition) is 2. The van der Waals surface area contributed by atoms with Crippen molar-refractivity contribution in [3.8, 4) is 0 Å². The van der Waals surface area contributed by atoms with Gasteiger partial charge in [0.15, 0.2) is 5.69 Å². The first kappa shape index (κ1) is 17.0. The Labute approximate surface area is 123 Å². The highest BCUT2D eigenvalue weighted by atomic mass is 35.7. The summed E-state index contributed by atoms with van der Waals surface area (Å²) in [6, 6.07) is -0.0622. The monoisotopic (exact) mass is 321 g/mol. The van der Waals surface area contributed by atoms with E-state index in [9.17, 15) is 13.2 Å².